The van der Waals surface area contributed by atoms with Crippen molar-refractivity contribution in [1.82, 2.24) is 10.2 Å². The summed E-state index contributed by atoms with van der Waals surface area (Å²) >= 11 is 0. The normalized spacial score (nSPS) is 37.6. The van der Waals surface area contributed by atoms with E-state index in [-0.39, 0.29) is 0 Å². The summed E-state index contributed by atoms with van der Waals surface area (Å²) < 4.78 is 0. The van der Waals surface area contributed by atoms with E-state index in [4.69, 9.17) is 0 Å². The summed E-state index contributed by atoms with van der Waals surface area (Å²) in [4.78, 5) is 2.76. The van der Waals surface area contributed by atoms with Gasteiger partial charge in [0.25, 0.3) is 0 Å². The van der Waals surface area contributed by atoms with Crippen LogP contribution in [0, 0.1) is 11.8 Å². The van der Waals surface area contributed by atoms with E-state index in [1.807, 2.05) is 0 Å². The van der Waals surface area contributed by atoms with Crippen LogP contribution in [0.5, 0.6) is 0 Å². The molecule has 3 fully saturated rings. The maximum atomic E-state index is 3.88. The maximum Gasteiger partial charge on any atom is 0.0309 e. The van der Waals surface area contributed by atoms with Crippen LogP contribution in [0.25, 0.3) is 0 Å². The fourth-order valence-electron chi connectivity index (χ4n) is 3.50. The minimum absolute atomic E-state index is 0.390. The van der Waals surface area contributed by atoms with Crippen LogP contribution < -0.4 is 5.32 Å². The molecule has 2 heteroatoms. The minimum Gasteiger partial charge on any atom is -0.308 e. The van der Waals surface area contributed by atoms with Crippen molar-refractivity contribution in [3.8, 4) is 0 Å². The summed E-state index contributed by atoms with van der Waals surface area (Å²) in [6.45, 7) is 10.5. The zero-order valence-corrected chi connectivity index (χ0v) is 12.2. The highest BCUT2D eigenvalue weighted by Crippen LogP contribution is 2.44. The zero-order valence-electron chi connectivity index (χ0n) is 12.2. The first kappa shape index (κ1) is 12.7. The molecule has 0 aromatic heterocycles. The largest absolute Gasteiger partial charge is 0.308 e. The van der Waals surface area contributed by atoms with E-state index in [0.717, 1.165) is 24.4 Å². The van der Waals surface area contributed by atoms with E-state index in [1.165, 1.54) is 44.3 Å². The van der Waals surface area contributed by atoms with Gasteiger partial charge in [0.15, 0.2) is 0 Å². The predicted molar refractivity (Wildman–Crippen MR) is 76.6 cm³/mol. The molecule has 2 nitrogen and oxygen atoms in total. The van der Waals surface area contributed by atoms with Gasteiger partial charge in [-0.15, -0.1) is 0 Å². The van der Waals surface area contributed by atoms with Gasteiger partial charge >= 0.3 is 0 Å². The summed E-state index contributed by atoms with van der Waals surface area (Å²) in [5.74, 6) is 1.92. The summed E-state index contributed by atoms with van der Waals surface area (Å²) in [6.07, 6.45) is 8.20. The second-order valence-electron chi connectivity index (χ2n) is 7.19. The molecule has 0 spiro atoms. The first-order valence-electron chi connectivity index (χ1n) is 7.71. The monoisotopic (exact) mass is 248 g/mol. The molecule has 2 aliphatic carbocycles. The van der Waals surface area contributed by atoms with E-state index < -0.39 is 0 Å². The Morgan fingerprint density at radius 2 is 2.00 bits per heavy atom. The highest BCUT2D eigenvalue weighted by molar-refractivity contribution is 5.08. The van der Waals surface area contributed by atoms with Crippen LogP contribution in [0.2, 0.25) is 0 Å². The van der Waals surface area contributed by atoms with Gasteiger partial charge in [-0.3, -0.25) is 4.90 Å². The molecule has 3 rings (SSSR count). The van der Waals surface area contributed by atoms with Crippen molar-refractivity contribution in [2.45, 2.75) is 58.0 Å². The van der Waals surface area contributed by atoms with E-state index in [9.17, 15) is 0 Å². The maximum absolute atomic E-state index is 3.88. The third-order valence-electron chi connectivity index (χ3n) is 5.09. The van der Waals surface area contributed by atoms with Gasteiger partial charge in [0, 0.05) is 31.2 Å². The summed E-state index contributed by atoms with van der Waals surface area (Å²) in [6, 6.07) is 0.799. The number of nitrogens with zero attached hydrogens (tertiary/aromatic N) is 1. The lowest BCUT2D eigenvalue weighted by Gasteiger charge is -2.47. The minimum atomic E-state index is 0.390. The number of nitrogens with one attached hydrogen (secondary N) is 1. The second kappa shape index (κ2) is 4.64. The Morgan fingerprint density at radius 1 is 1.28 bits per heavy atom. The first-order chi connectivity index (χ1) is 8.58. The van der Waals surface area contributed by atoms with E-state index in [0.29, 0.717) is 5.54 Å². The molecule has 1 N–H and O–H groups in total. The van der Waals surface area contributed by atoms with Crippen molar-refractivity contribution in [3.05, 3.63) is 11.6 Å². The molecule has 0 aromatic carbocycles. The predicted octanol–water partition coefficient (Wildman–Crippen LogP) is 2.81. The fraction of sp³-hybridized carbons (Fsp3) is 0.875. The molecule has 102 valence electrons. The molecule has 0 amide bonds. The van der Waals surface area contributed by atoms with E-state index in [2.05, 4.69) is 37.1 Å². The van der Waals surface area contributed by atoms with Crippen molar-refractivity contribution in [2.75, 3.05) is 19.6 Å². The third-order valence-corrected chi connectivity index (χ3v) is 5.09. The molecule has 1 aliphatic heterocycles. The molecular weight excluding hydrogens is 220 g/mol. The molecular formula is C16H28N2. The van der Waals surface area contributed by atoms with Gasteiger partial charge in [0.05, 0.1) is 0 Å². The number of piperazine rings is 1. The molecule has 2 saturated carbocycles. The Balaban J connectivity index is 1.68. The van der Waals surface area contributed by atoms with Gasteiger partial charge in [0.2, 0.25) is 0 Å². The lowest BCUT2D eigenvalue weighted by Crippen LogP contribution is -2.64. The molecule has 2 atom stereocenters. The van der Waals surface area contributed by atoms with Crippen LogP contribution in [0.1, 0.15) is 46.5 Å². The highest BCUT2D eigenvalue weighted by atomic mass is 15.3. The summed E-state index contributed by atoms with van der Waals surface area (Å²) in [5, 5.41) is 3.88. The molecule has 0 aromatic rings. The topological polar surface area (TPSA) is 15.3 Å². The van der Waals surface area contributed by atoms with Crippen LogP contribution in [-0.4, -0.2) is 36.1 Å². The Hall–Kier alpha value is -0.340. The smallest absolute Gasteiger partial charge is 0.0309 e. The molecule has 18 heavy (non-hydrogen) atoms. The van der Waals surface area contributed by atoms with Crippen molar-refractivity contribution in [2.24, 2.45) is 11.8 Å². The lowest BCUT2D eigenvalue weighted by atomic mass is 9.90. The van der Waals surface area contributed by atoms with Crippen LogP contribution in [-0.2, 0) is 0 Å². The first-order valence-corrected chi connectivity index (χ1v) is 7.71. The molecule has 2 unspecified atom stereocenters. The van der Waals surface area contributed by atoms with Crippen LogP contribution in [0.3, 0.4) is 0 Å². The van der Waals surface area contributed by atoms with Crippen molar-refractivity contribution >= 4 is 0 Å². The number of rotatable bonds is 4. The van der Waals surface area contributed by atoms with Crippen molar-refractivity contribution in [3.63, 3.8) is 0 Å². The highest BCUT2D eigenvalue weighted by Gasteiger charge is 2.48. The SMILES string of the molecule is CC(C)=CCN1CC(C)(C2CC2)NCC1C1CC1. The molecule has 0 radical (unpaired) electrons. The summed E-state index contributed by atoms with van der Waals surface area (Å²) in [7, 11) is 0. The number of allylic oxidation sites excluding steroid dienone is 1. The number of hydrogen-bond donors (Lipinski definition) is 1. The van der Waals surface area contributed by atoms with Crippen LogP contribution in [0.4, 0.5) is 0 Å². The standard InChI is InChI=1S/C16H28N2/c1-12(2)8-9-18-11-16(3,14-6-7-14)17-10-15(18)13-4-5-13/h8,13-15,17H,4-7,9-11H2,1-3H3. The quantitative estimate of drug-likeness (QED) is 0.770. The Kier molecular flexibility index (Phi) is 3.27. The van der Waals surface area contributed by atoms with Crippen molar-refractivity contribution in [1.29, 1.82) is 0 Å². The zero-order chi connectivity index (χ0) is 12.8. The third kappa shape index (κ3) is 2.65. The van der Waals surface area contributed by atoms with Gasteiger partial charge in [-0.1, -0.05) is 11.6 Å². The fourth-order valence-corrected chi connectivity index (χ4v) is 3.50. The molecule has 1 saturated heterocycles. The average Bonchev–Trinajstić information content (AvgIpc) is 3.17. The van der Waals surface area contributed by atoms with Gasteiger partial charge in [-0.25, -0.2) is 0 Å². The Morgan fingerprint density at radius 3 is 2.56 bits per heavy atom. The second-order valence-corrected chi connectivity index (χ2v) is 7.19. The van der Waals surface area contributed by atoms with Crippen LogP contribution in [0.15, 0.2) is 11.6 Å². The van der Waals surface area contributed by atoms with E-state index >= 15 is 0 Å². The molecule has 1 heterocycles. The van der Waals surface area contributed by atoms with Crippen molar-refractivity contribution < 1.29 is 0 Å². The number of hydrogen-bond acceptors (Lipinski definition) is 2. The van der Waals surface area contributed by atoms with Gasteiger partial charge in [-0.05, 0) is 58.3 Å². The van der Waals surface area contributed by atoms with Crippen LogP contribution >= 0.6 is 0 Å². The Bertz CT molecular complexity index is 337. The lowest BCUT2D eigenvalue weighted by molar-refractivity contribution is 0.0743. The van der Waals surface area contributed by atoms with E-state index in [1.54, 1.807) is 0 Å². The van der Waals surface area contributed by atoms with Gasteiger partial charge in [0.1, 0.15) is 0 Å². The average molecular weight is 248 g/mol. The van der Waals surface area contributed by atoms with Gasteiger partial charge in [-0.2, -0.15) is 0 Å². The molecule has 3 aliphatic rings. The van der Waals surface area contributed by atoms with Gasteiger partial charge < -0.3 is 5.32 Å². The summed E-state index contributed by atoms with van der Waals surface area (Å²) in [5.41, 5.74) is 1.84. The Labute approximate surface area is 112 Å². The molecule has 0 bridgehead atoms.